The molecule has 4 N–H and O–H groups in total. The fraction of sp³-hybridized carbons (Fsp3) is 0.188. The molecule has 0 aliphatic rings. The van der Waals surface area contributed by atoms with Gasteiger partial charge in [0.25, 0.3) is 5.91 Å². The lowest BCUT2D eigenvalue weighted by Crippen LogP contribution is -2.14. The van der Waals surface area contributed by atoms with Crippen molar-refractivity contribution >= 4 is 17.3 Å². The van der Waals surface area contributed by atoms with Crippen LogP contribution in [-0.2, 0) is 0 Å². The summed E-state index contributed by atoms with van der Waals surface area (Å²) in [6, 6.07) is 8.70. The van der Waals surface area contributed by atoms with Gasteiger partial charge < -0.3 is 16.2 Å². The van der Waals surface area contributed by atoms with Crippen molar-refractivity contribution < 1.29 is 9.90 Å². The molecule has 0 spiro atoms. The Morgan fingerprint density at radius 3 is 2.30 bits per heavy atom. The molecular formula is C16H18N2O2. The molecule has 0 aromatic heterocycles. The first kappa shape index (κ1) is 13.9. The van der Waals surface area contributed by atoms with Gasteiger partial charge in [-0.2, -0.15) is 0 Å². The molecule has 2 rings (SSSR count). The molecule has 0 saturated carbocycles. The van der Waals surface area contributed by atoms with E-state index in [-0.39, 0.29) is 17.2 Å². The summed E-state index contributed by atoms with van der Waals surface area (Å²) in [7, 11) is 0. The van der Waals surface area contributed by atoms with E-state index in [1.54, 1.807) is 37.3 Å². The predicted octanol–water partition coefficient (Wildman–Crippen LogP) is 3.15. The van der Waals surface area contributed by atoms with Crippen LogP contribution in [0.4, 0.5) is 11.4 Å². The molecule has 0 saturated heterocycles. The molecule has 0 bridgehead atoms. The van der Waals surface area contributed by atoms with Crippen LogP contribution in [0.25, 0.3) is 0 Å². The fourth-order valence-electron chi connectivity index (χ4n) is 2.22. The minimum atomic E-state index is -0.331. The third-order valence-electron chi connectivity index (χ3n) is 3.28. The Morgan fingerprint density at radius 2 is 1.70 bits per heavy atom. The SMILES string of the molecule is Cc1cccc(C(=O)Nc2c(C)cc(N)cc2C)c1O. The Labute approximate surface area is 118 Å². The van der Waals surface area contributed by atoms with E-state index in [2.05, 4.69) is 5.32 Å². The normalized spacial score (nSPS) is 10.3. The Hall–Kier alpha value is -2.49. The second-order valence-corrected chi connectivity index (χ2v) is 4.95. The molecule has 0 radical (unpaired) electrons. The molecule has 2 aromatic carbocycles. The molecule has 0 unspecified atom stereocenters. The van der Waals surface area contributed by atoms with E-state index in [9.17, 15) is 9.90 Å². The van der Waals surface area contributed by atoms with Crippen LogP contribution in [0.15, 0.2) is 30.3 Å². The van der Waals surface area contributed by atoms with E-state index in [0.29, 0.717) is 11.3 Å². The maximum absolute atomic E-state index is 12.3. The number of hydrogen-bond acceptors (Lipinski definition) is 3. The van der Waals surface area contributed by atoms with E-state index in [1.807, 2.05) is 13.8 Å². The average Bonchev–Trinajstić information content (AvgIpc) is 2.36. The summed E-state index contributed by atoms with van der Waals surface area (Å²) in [6.45, 7) is 5.52. The number of nitrogens with one attached hydrogen (secondary N) is 1. The van der Waals surface area contributed by atoms with Gasteiger partial charge in [0.15, 0.2) is 0 Å². The first-order valence-electron chi connectivity index (χ1n) is 6.37. The molecule has 104 valence electrons. The molecule has 20 heavy (non-hydrogen) atoms. The van der Waals surface area contributed by atoms with Crippen molar-refractivity contribution in [3.8, 4) is 5.75 Å². The quantitative estimate of drug-likeness (QED) is 0.734. The second kappa shape index (κ2) is 5.25. The van der Waals surface area contributed by atoms with Crippen LogP contribution in [-0.4, -0.2) is 11.0 Å². The van der Waals surface area contributed by atoms with Crippen molar-refractivity contribution in [2.24, 2.45) is 0 Å². The minimum Gasteiger partial charge on any atom is -0.507 e. The number of anilines is 2. The number of hydrogen-bond donors (Lipinski definition) is 3. The topological polar surface area (TPSA) is 75.4 Å². The lowest BCUT2D eigenvalue weighted by molar-refractivity contribution is 0.102. The maximum atomic E-state index is 12.3. The highest BCUT2D eigenvalue weighted by molar-refractivity contribution is 6.07. The Kier molecular flexibility index (Phi) is 3.66. The number of aryl methyl sites for hydroxylation is 3. The largest absolute Gasteiger partial charge is 0.507 e. The average molecular weight is 270 g/mol. The lowest BCUT2D eigenvalue weighted by atomic mass is 10.1. The van der Waals surface area contributed by atoms with Crippen molar-refractivity contribution in [1.82, 2.24) is 0 Å². The van der Waals surface area contributed by atoms with Gasteiger partial charge in [-0.25, -0.2) is 0 Å². The zero-order chi connectivity index (χ0) is 14.9. The smallest absolute Gasteiger partial charge is 0.259 e. The number of phenols is 1. The monoisotopic (exact) mass is 270 g/mol. The first-order valence-corrected chi connectivity index (χ1v) is 6.37. The summed E-state index contributed by atoms with van der Waals surface area (Å²) in [6.07, 6.45) is 0. The molecule has 0 fully saturated rings. The van der Waals surface area contributed by atoms with Gasteiger partial charge in [-0.1, -0.05) is 12.1 Å². The number of carbonyl (C=O) groups is 1. The van der Waals surface area contributed by atoms with Crippen molar-refractivity contribution in [3.05, 3.63) is 52.6 Å². The third-order valence-corrected chi connectivity index (χ3v) is 3.28. The Bertz CT molecular complexity index is 655. The van der Waals surface area contributed by atoms with Gasteiger partial charge >= 0.3 is 0 Å². The summed E-state index contributed by atoms with van der Waals surface area (Å²) < 4.78 is 0. The molecule has 4 nitrogen and oxygen atoms in total. The number of amides is 1. The summed E-state index contributed by atoms with van der Waals surface area (Å²) >= 11 is 0. The number of para-hydroxylation sites is 1. The predicted molar refractivity (Wildman–Crippen MR) is 81.1 cm³/mol. The van der Waals surface area contributed by atoms with Crippen LogP contribution in [0.5, 0.6) is 5.75 Å². The van der Waals surface area contributed by atoms with Gasteiger partial charge in [0.2, 0.25) is 0 Å². The van der Waals surface area contributed by atoms with Crippen molar-refractivity contribution in [1.29, 1.82) is 0 Å². The van der Waals surface area contributed by atoms with Crippen LogP contribution in [0, 0.1) is 20.8 Å². The molecule has 0 heterocycles. The van der Waals surface area contributed by atoms with E-state index in [1.165, 1.54) is 0 Å². The fourth-order valence-corrected chi connectivity index (χ4v) is 2.22. The number of phenolic OH excluding ortho intramolecular Hbond substituents is 1. The minimum absolute atomic E-state index is 0.00995. The van der Waals surface area contributed by atoms with E-state index >= 15 is 0 Å². The van der Waals surface area contributed by atoms with Gasteiger partial charge in [-0.15, -0.1) is 0 Å². The van der Waals surface area contributed by atoms with Crippen LogP contribution in [0.1, 0.15) is 27.0 Å². The third kappa shape index (κ3) is 2.59. The van der Waals surface area contributed by atoms with Gasteiger partial charge in [0.05, 0.1) is 5.56 Å². The number of carbonyl (C=O) groups excluding carboxylic acids is 1. The van der Waals surface area contributed by atoms with Gasteiger partial charge in [0, 0.05) is 11.4 Å². The second-order valence-electron chi connectivity index (χ2n) is 4.95. The highest BCUT2D eigenvalue weighted by Crippen LogP contribution is 2.26. The number of aromatic hydroxyl groups is 1. The molecule has 4 heteroatoms. The summed E-state index contributed by atoms with van der Waals surface area (Å²) in [5.41, 5.74) is 9.87. The number of benzene rings is 2. The van der Waals surface area contributed by atoms with E-state index < -0.39 is 0 Å². The van der Waals surface area contributed by atoms with Crippen molar-refractivity contribution in [2.45, 2.75) is 20.8 Å². The van der Waals surface area contributed by atoms with Gasteiger partial charge in [-0.05, 0) is 55.7 Å². The Balaban J connectivity index is 2.36. The van der Waals surface area contributed by atoms with Crippen LogP contribution in [0.2, 0.25) is 0 Å². The van der Waals surface area contributed by atoms with Gasteiger partial charge in [-0.3, -0.25) is 4.79 Å². The highest BCUT2D eigenvalue weighted by atomic mass is 16.3. The van der Waals surface area contributed by atoms with E-state index in [4.69, 9.17) is 5.73 Å². The highest BCUT2D eigenvalue weighted by Gasteiger charge is 2.14. The molecule has 0 aliphatic carbocycles. The molecule has 0 aliphatic heterocycles. The lowest BCUT2D eigenvalue weighted by Gasteiger charge is -2.13. The summed E-state index contributed by atoms with van der Waals surface area (Å²) in [5, 5.41) is 12.8. The first-order chi connectivity index (χ1) is 9.40. The number of nitrogens with two attached hydrogens (primary N) is 1. The van der Waals surface area contributed by atoms with E-state index in [0.717, 1.165) is 16.8 Å². The Morgan fingerprint density at radius 1 is 1.10 bits per heavy atom. The molecule has 1 amide bonds. The summed E-state index contributed by atoms with van der Waals surface area (Å²) in [5.74, 6) is -0.321. The maximum Gasteiger partial charge on any atom is 0.259 e. The van der Waals surface area contributed by atoms with Crippen LogP contribution in [0.3, 0.4) is 0 Å². The van der Waals surface area contributed by atoms with Crippen LogP contribution >= 0.6 is 0 Å². The molecule has 0 atom stereocenters. The zero-order valence-corrected chi connectivity index (χ0v) is 11.8. The zero-order valence-electron chi connectivity index (χ0n) is 11.8. The number of rotatable bonds is 2. The van der Waals surface area contributed by atoms with Crippen molar-refractivity contribution in [3.63, 3.8) is 0 Å². The van der Waals surface area contributed by atoms with Gasteiger partial charge in [0.1, 0.15) is 5.75 Å². The number of nitrogen functional groups attached to an aromatic ring is 1. The van der Waals surface area contributed by atoms with Crippen molar-refractivity contribution in [2.75, 3.05) is 11.1 Å². The van der Waals surface area contributed by atoms with Crippen LogP contribution < -0.4 is 11.1 Å². The summed E-state index contributed by atoms with van der Waals surface area (Å²) in [4.78, 5) is 12.3. The molecule has 2 aromatic rings. The standard InChI is InChI=1S/C16H18N2O2/c1-9-5-4-6-13(15(9)19)16(20)18-14-10(2)7-12(17)8-11(14)3/h4-8,19H,17H2,1-3H3,(H,18,20). The molecular weight excluding hydrogens is 252 g/mol.